The van der Waals surface area contributed by atoms with E-state index in [0.29, 0.717) is 24.3 Å². The molecule has 2 saturated heterocycles. The molecule has 82 valence electrons. The third-order valence-electron chi connectivity index (χ3n) is 3.91. The number of carbonyl (C=O) groups excluding carboxylic acids is 1. The van der Waals surface area contributed by atoms with Gasteiger partial charge < -0.3 is 10.1 Å². The number of Topliss-reactive ketones (excluding diaryl/α,β-unsaturated/α-hetero) is 1. The Kier molecular flexibility index (Phi) is 2.28. The topological polar surface area (TPSA) is 38.3 Å². The summed E-state index contributed by atoms with van der Waals surface area (Å²) in [4.78, 5) is 12.2. The first-order valence-electron chi connectivity index (χ1n) is 5.95. The van der Waals surface area contributed by atoms with Crippen LogP contribution < -0.4 is 5.32 Å². The normalized spacial score (nSPS) is 38.7. The largest absolute Gasteiger partial charge is 0.490 e. The Hall–Kier alpha value is -0.830. The van der Waals surface area contributed by atoms with Crippen LogP contribution in [0.2, 0.25) is 0 Å². The van der Waals surface area contributed by atoms with Crippen LogP contribution in [-0.4, -0.2) is 25.0 Å². The highest BCUT2D eigenvalue weighted by Crippen LogP contribution is 2.35. The summed E-state index contributed by atoms with van der Waals surface area (Å²) in [6.45, 7) is 1.80. The maximum Gasteiger partial charge on any atom is 0.201 e. The van der Waals surface area contributed by atoms with Crippen molar-refractivity contribution in [2.45, 2.75) is 31.7 Å². The zero-order chi connectivity index (χ0) is 10.3. The Morgan fingerprint density at radius 3 is 2.93 bits per heavy atom. The summed E-state index contributed by atoms with van der Waals surface area (Å²) in [6.07, 6.45) is 6.37. The molecule has 0 radical (unpaired) electrons. The molecule has 2 bridgehead atoms. The van der Waals surface area contributed by atoms with Gasteiger partial charge in [0.25, 0.3) is 0 Å². The zero-order valence-corrected chi connectivity index (χ0v) is 8.87. The number of fused-ring (bicyclic) bond motifs is 3. The van der Waals surface area contributed by atoms with E-state index in [0.717, 1.165) is 25.8 Å². The van der Waals surface area contributed by atoms with Crippen molar-refractivity contribution < 1.29 is 9.53 Å². The van der Waals surface area contributed by atoms with Gasteiger partial charge in [-0.05, 0) is 37.8 Å². The van der Waals surface area contributed by atoms with Crippen molar-refractivity contribution in [1.29, 1.82) is 0 Å². The summed E-state index contributed by atoms with van der Waals surface area (Å²) in [7, 11) is 0. The molecule has 4 aliphatic rings. The molecule has 1 aliphatic carbocycles. The van der Waals surface area contributed by atoms with Gasteiger partial charge in [-0.3, -0.25) is 4.79 Å². The van der Waals surface area contributed by atoms with E-state index in [1.165, 1.54) is 6.42 Å². The lowest BCUT2D eigenvalue weighted by atomic mass is 9.72. The van der Waals surface area contributed by atoms with Crippen LogP contribution in [0.4, 0.5) is 0 Å². The van der Waals surface area contributed by atoms with E-state index >= 15 is 0 Å². The summed E-state index contributed by atoms with van der Waals surface area (Å²) >= 11 is 0. The van der Waals surface area contributed by atoms with Crippen LogP contribution >= 0.6 is 0 Å². The second kappa shape index (κ2) is 3.63. The fourth-order valence-corrected chi connectivity index (χ4v) is 3.07. The molecule has 15 heavy (non-hydrogen) atoms. The number of carbonyl (C=O) groups is 1. The molecule has 3 fully saturated rings. The molecular formula is C12H17NO2. The van der Waals surface area contributed by atoms with Crippen LogP contribution in [0.25, 0.3) is 0 Å². The first kappa shape index (κ1) is 9.40. The highest BCUT2D eigenvalue weighted by atomic mass is 16.5. The van der Waals surface area contributed by atoms with Crippen LogP contribution in [0.5, 0.6) is 0 Å². The molecule has 0 aromatic heterocycles. The number of nitrogens with one attached hydrogen (secondary N) is 1. The monoisotopic (exact) mass is 207 g/mol. The summed E-state index contributed by atoms with van der Waals surface area (Å²) in [5, 5.41) is 3.47. The van der Waals surface area contributed by atoms with Crippen molar-refractivity contribution in [3.05, 3.63) is 11.8 Å². The van der Waals surface area contributed by atoms with Gasteiger partial charge in [-0.25, -0.2) is 0 Å². The van der Waals surface area contributed by atoms with Gasteiger partial charge >= 0.3 is 0 Å². The summed E-state index contributed by atoms with van der Waals surface area (Å²) in [5.41, 5.74) is 0. The first-order chi connectivity index (χ1) is 7.34. The number of rotatable bonds is 2. The lowest BCUT2D eigenvalue weighted by Crippen LogP contribution is -2.52. The van der Waals surface area contributed by atoms with Crippen LogP contribution in [0, 0.1) is 11.8 Å². The molecule has 0 spiro atoms. The van der Waals surface area contributed by atoms with Gasteiger partial charge in [-0.1, -0.05) is 0 Å². The molecular weight excluding hydrogens is 190 g/mol. The van der Waals surface area contributed by atoms with Gasteiger partial charge in [-0.15, -0.1) is 0 Å². The van der Waals surface area contributed by atoms with Crippen molar-refractivity contribution in [3.63, 3.8) is 0 Å². The minimum absolute atomic E-state index is 0.182. The molecule has 0 aromatic carbocycles. The van der Waals surface area contributed by atoms with Gasteiger partial charge in [0.2, 0.25) is 5.78 Å². The molecule has 3 heterocycles. The summed E-state index contributed by atoms with van der Waals surface area (Å²) < 4.78 is 5.36. The smallest absolute Gasteiger partial charge is 0.201 e. The Balaban J connectivity index is 1.74. The molecule has 0 aromatic rings. The number of ether oxygens (including phenoxy) is 1. The van der Waals surface area contributed by atoms with Crippen molar-refractivity contribution in [2.24, 2.45) is 11.8 Å². The molecule has 0 amide bonds. The number of piperidine rings is 2. The van der Waals surface area contributed by atoms with E-state index in [2.05, 4.69) is 5.32 Å². The molecule has 1 saturated carbocycles. The second-order valence-corrected chi connectivity index (χ2v) is 4.87. The van der Waals surface area contributed by atoms with Crippen LogP contribution in [0.3, 0.4) is 0 Å². The molecule has 3 nitrogen and oxygen atoms in total. The lowest BCUT2D eigenvalue weighted by Gasteiger charge is -2.42. The second-order valence-electron chi connectivity index (χ2n) is 4.87. The standard InChI is InChI=1S/C12H17NO2/c14-12(11-2-1-5-15-11)9-6-8-3-4-10(9)13-7-8/h2,8-10,13H,1,3-7H2. The molecule has 3 unspecified atom stereocenters. The van der Waals surface area contributed by atoms with Gasteiger partial charge in [0.15, 0.2) is 5.76 Å². The third-order valence-corrected chi connectivity index (χ3v) is 3.91. The lowest BCUT2D eigenvalue weighted by molar-refractivity contribution is -0.125. The molecule has 3 heteroatoms. The van der Waals surface area contributed by atoms with Gasteiger partial charge in [0, 0.05) is 18.4 Å². The Bertz CT molecular complexity index is 303. The number of ketones is 1. The minimum atomic E-state index is 0.182. The number of hydrogen-bond donors (Lipinski definition) is 1. The van der Waals surface area contributed by atoms with Crippen molar-refractivity contribution in [3.8, 4) is 0 Å². The first-order valence-corrected chi connectivity index (χ1v) is 5.95. The predicted molar refractivity (Wildman–Crippen MR) is 56.3 cm³/mol. The van der Waals surface area contributed by atoms with Crippen LogP contribution in [0.1, 0.15) is 25.7 Å². The van der Waals surface area contributed by atoms with E-state index in [4.69, 9.17) is 4.74 Å². The van der Waals surface area contributed by atoms with E-state index in [9.17, 15) is 4.79 Å². The fourth-order valence-electron chi connectivity index (χ4n) is 3.07. The van der Waals surface area contributed by atoms with Gasteiger partial charge in [0.1, 0.15) is 0 Å². The number of hydrogen-bond acceptors (Lipinski definition) is 3. The van der Waals surface area contributed by atoms with E-state index < -0.39 is 0 Å². The van der Waals surface area contributed by atoms with E-state index in [-0.39, 0.29) is 11.7 Å². The molecule has 4 rings (SSSR count). The summed E-state index contributed by atoms with van der Waals surface area (Å²) in [6, 6.07) is 0.410. The quantitative estimate of drug-likeness (QED) is 0.740. The highest BCUT2D eigenvalue weighted by molar-refractivity contribution is 5.96. The average Bonchev–Trinajstić information content (AvgIpc) is 2.83. The van der Waals surface area contributed by atoms with Crippen LogP contribution in [-0.2, 0) is 9.53 Å². The Labute approximate surface area is 89.9 Å². The maximum absolute atomic E-state index is 12.2. The average molecular weight is 207 g/mol. The Morgan fingerprint density at radius 1 is 1.47 bits per heavy atom. The SMILES string of the molecule is O=C(C1=CCCO1)C1CC2CCC1NC2. The minimum Gasteiger partial charge on any atom is -0.490 e. The zero-order valence-electron chi connectivity index (χ0n) is 8.87. The van der Waals surface area contributed by atoms with Crippen molar-refractivity contribution in [1.82, 2.24) is 5.32 Å². The van der Waals surface area contributed by atoms with Crippen LogP contribution in [0.15, 0.2) is 11.8 Å². The number of allylic oxidation sites excluding steroid dienone is 1. The van der Waals surface area contributed by atoms with Gasteiger partial charge in [-0.2, -0.15) is 0 Å². The molecule has 3 atom stereocenters. The van der Waals surface area contributed by atoms with E-state index in [1.54, 1.807) is 0 Å². The van der Waals surface area contributed by atoms with Gasteiger partial charge in [0.05, 0.1) is 6.61 Å². The predicted octanol–water partition coefficient (Wildman–Crippen LogP) is 1.25. The summed E-state index contributed by atoms with van der Waals surface area (Å²) in [5.74, 6) is 1.77. The van der Waals surface area contributed by atoms with Crippen molar-refractivity contribution in [2.75, 3.05) is 13.2 Å². The fraction of sp³-hybridized carbons (Fsp3) is 0.750. The third kappa shape index (κ3) is 1.59. The molecule has 1 N–H and O–H groups in total. The highest BCUT2D eigenvalue weighted by Gasteiger charge is 2.40. The van der Waals surface area contributed by atoms with Crippen molar-refractivity contribution >= 4 is 5.78 Å². The Morgan fingerprint density at radius 2 is 2.40 bits per heavy atom. The maximum atomic E-state index is 12.2. The molecule has 3 aliphatic heterocycles. The van der Waals surface area contributed by atoms with E-state index in [1.807, 2.05) is 6.08 Å².